The maximum absolute atomic E-state index is 12.6. The van der Waals surface area contributed by atoms with E-state index in [-0.39, 0.29) is 11.7 Å². The van der Waals surface area contributed by atoms with Crippen LogP contribution in [0.15, 0.2) is 79.1 Å². The van der Waals surface area contributed by atoms with Crippen LogP contribution in [0.25, 0.3) is 0 Å². The fraction of sp³-hybridized carbons (Fsp3) is 0. The van der Waals surface area contributed by atoms with Gasteiger partial charge in [-0.1, -0.05) is 48.5 Å². The first kappa shape index (κ1) is 14.7. The highest BCUT2D eigenvalue weighted by atomic mass is 16.2. The lowest BCUT2D eigenvalue weighted by molar-refractivity contribution is 0.0996. The minimum absolute atomic E-state index is 0.178. The summed E-state index contributed by atoms with van der Waals surface area (Å²) in [6, 6.07) is 19.2. The second-order valence-corrected chi connectivity index (χ2v) is 4.94. The minimum Gasteiger partial charge on any atom is -0.321 e. The van der Waals surface area contributed by atoms with E-state index < -0.39 is 0 Å². The first-order valence-electron chi connectivity index (χ1n) is 7.16. The lowest BCUT2D eigenvalue weighted by Gasteiger charge is -2.09. The smallest absolute Gasteiger partial charge is 0.256 e. The molecular formula is C19H14N2O2. The van der Waals surface area contributed by atoms with E-state index in [4.69, 9.17) is 0 Å². The second kappa shape index (κ2) is 6.66. The topological polar surface area (TPSA) is 59.1 Å². The average Bonchev–Trinajstić information content (AvgIpc) is 2.62. The van der Waals surface area contributed by atoms with Gasteiger partial charge in [0, 0.05) is 17.3 Å². The van der Waals surface area contributed by atoms with Gasteiger partial charge in [-0.3, -0.25) is 14.6 Å². The number of hydrogen-bond donors (Lipinski definition) is 1. The van der Waals surface area contributed by atoms with Crippen LogP contribution >= 0.6 is 0 Å². The highest BCUT2D eigenvalue weighted by molar-refractivity contribution is 6.17. The van der Waals surface area contributed by atoms with Gasteiger partial charge in [-0.15, -0.1) is 0 Å². The number of aromatic nitrogens is 1. The number of carbonyl (C=O) groups is 2. The van der Waals surface area contributed by atoms with E-state index in [0.717, 1.165) is 0 Å². The Hall–Kier alpha value is -3.27. The van der Waals surface area contributed by atoms with Crippen molar-refractivity contribution in [2.24, 2.45) is 0 Å². The zero-order valence-electron chi connectivity index (χ0n) is 12.3. The molecule has 4 heteroatoms. The molecule has 4 nitrogen and oxygen atoms in total. The molecule has 0 saturated carbocycles. The monoisotopic (exact) mass is 302 g/mol. The number of hydrogen-bond acceptors (Lipinski definition) is 3. The number of carbonyl (C=O) groups excluding carboxylic acids is 2. The van der Waals surface area contributed by atoms with Gasteiger partial charge in [0.2, 0.25) is 0 Å². The number of benzene rings is 2. The molecule has 1 heterocycles. The van der Waals surface area contributed by atoms with Gasteiger partial charge in [0.15, 0.2) is 5.78 Å². The van der Waals surface area contributed by atoms with Crippen LogP contribution in [-0.4, -0.2) is 16.7 Å². The minimum atomic E-state index is -0.335. The standard InChI is InChI=1S/C19H14N2O2/c22-18(14-7-2-1-3-8-14)16-10-4-5-11-17(16)19(23)21-15-9-6-12-20-13-15/h1-13H,(H,21,23). The van der Waals surface area contributed by atoms with Gasteiger partial charge >= 0.3 is 0 Å². The molecule has 0 aliphatic carbocycles. The fourth-order valence-electron chi connectivity index (χ4n) is 2.26. The second-order valence-electron chi connectivity index (χ2n) is 4.94. The molecule has 3 rings (SSSR count). The number of pyridine rings is 1. The highest BCUT2D eigenvalue weighted by Gasteiger charge is 2.17. The molecule has 0 bridgehead atoms. The summed E-state index contributed by atoms with van der Waals surface area (Å²) in [4.78, 5) is 29.1. The molecule has 1 amide bonds. The van der Waals surface area contributed by atoms with Gasteiger partial charge in [0.25, 0.3) is 5.91 Å². The average molecular weight is 302 g/mol. The molecule has 0 aliphatic rings. The van der Waals surface area contributed by atoms with Crippen molar-refractivity contribution in [3.8, 4) is 0 Å². The zero-order chi connectivity index (χ0) is 16.1. The molecule has 0 atom stereocenters. The molecule has 0 unspecified atom stereocenters. The van der Waals surface area contributed by atoms with Crippen LogP contribution in [0.1, 0.15) is 26.3 Å². The normalized spacial score (nSPS) is 10.1. The molecule has 0 radical (unpaired) electrons. The molecule has 3 aromatic rings. The number of nitrogens with zero attached hydrogens (tertiary/aromatic N) is 1. The Bertz CT molecular complexity index is 830. The van der Waals surface area contributed by atoms with E-state index in [1.54, 1.807) is 73.1 Å². The maximum atomic E-state index is 12.6. The van der Waals surface area contributed by atoms with E-state index in [0.29, 0.717) is 22.4 Å². The summed E-state index contributed by atoms with van der Waals surface area (Å²) in [5, 5.41) is 2.75. The highest BCUT2D eigenvalue weighted by Crippen LogP contribution is 2.16. The molecule has 0 spiro atoms. The van der Waals surface area contributed by atoms with E-state index in [1.807, 2.05) is 6.07 Å². The predicted molar refractivity (Wildman–Crippen MR) is 88.5 cm³/mol. The molecule has 112 valence electrons. The lowest BCUT2D eigenvalue weighted by atomic mass is 9.98. The van der Waals surface area contributed by atoms with Crippen molar-refractivity contribution in [2.75, 3.05) is 5.32 Å². The Labute approximate surface area is 133 Å². The third-order valence-corrected chi connectivity index (χ3v) is 3.37. The molecule has 0 fully saturated rings. The lowest BCUT2D eigenvalue weighted by Crippen LogP contribution is -2.17. The third-order valence-electron chi connectivity index (χ3n) is 3.37. The Morgan fingerprint density at radius 2 is 1.48 bits per heavy atom. The van der Waals surface area contributed by atoms with E-state index in [2.05, 4.69) is 10.3 Å². The van der Waals surface area contributed by atoms with Crippen molar-refractivity contribution < 1.29 is 9.59 Å². The van der Waals surface area contributed by atoms with Gasteiger partial charge in [-0.2, -0.15) is 0 Å². The van der Waals surface area contributed by atoms with Gasteiger partial charge in [-0.25, -0.2) is 0 Å². The summed E-state index contributed by atoms with van der Waals surface area (Å²) in [5.41, 5.74) is 1.85. The van der Waals surface area contributed by atoms with Crippen molar-refractivity contribution in [1.29, 1.82) is 0 Å². The molecular weight excluding hydrogens is 288 g/mol. The summed E-state index contributed by atoms with van der Waals surface area (Å²) < 4.78 is 0. The summed E-state index contributed by atoms with van der Waals surface area (Å²) >= 11 is 0. The summed E-state index contributed by atoms with van der Waals surface area (Å²) in [7, 11) is 0. The molecule has 23 heavy (non-hydrogen) atoms. The Kier molecular flexibility index (Phi) is 4.25. The van der Waals surface area contributed by atoms with Crippen molar-refractivity contribution >= 4 is 17.4 Å². The van der Waals surface area contributed by atoms with Crippen LogP contribution < -0.4 is 5.32 Å². The number of ketones is 1. The molecule has 0 saturated heterocycles. The van der Waals surface area contributed by atoms with Crippen LogP contribution in [0.2, 0.25) is 0 Å². The number of rotatable bonds is 4. The van der Waals surface area contributed by atoms with Crippen molar-refractivity contribution in [3.05, 3.63) is 95.8 Å². The first-order chi connectivity index (χ1) is 11.3. The zero-order valence-corrected chi connectivity index (χ0v) is 12.3. The van der Waals surface area contributed by atoms with Gasteiger partial charge < -0.3 is 5.32 Å². The van der Waals surface area contributed by atoms with E-state index in [9.17, 15) is 9.59 Å². The van der Waals surface area contributed by atoms with Crippen LogP contribution in [0.3, 0.4) is 0 Å². The van der Waals surface area contributed by atoms with E-state index in [1.165, 1.54) is 0 Å². The van der Waals surface area contributed by atoms with Crippen LogP contribution in [0.4, 0.5) is 5.69 Å². The summed E-state index contributed by atoms with van der Waals surface area (Å²) in [5.74, 6) is -0.514. The number of anilines is 1. The van der Waals surface area contributed by atoms with Crippen LogP contribution in [0, 0.1) is 0 Å². The number of amides is 1. The van der Waals surface area contributed by atoms with Crippen molar-refractivity contribution in [2.45, 2.75) is 0 Å². The molecule has 0 aliphatic heterocycles. The number of nitrogens with one attached hydrogen (secondary N) is 1. The summed E-state index contributed by atoms with van der Waals surface area (Å²) in [6.07, 6.45) is 3.18. The first-order valence-corrected chi connectivity index (χ1v) is 7.16. The molecule has 1 aromatic heterocycles. The van der Waals surface area contributed by atoms with Gasteiger partial charge in [0.05, 0.1) is 17.4 Å². The largest absolute Gasteiger partial charge is 0.321 e. The van der Waals surface area contributed by atoms with E-state index >= 15 is 0 Å². The summed E-state index contributed by atoms with van der Waals surface area (Å²) in [6.45, 7) is 0. The Morgan fingerprint density at radius 1 is 0.783 bits per heavy atom. The quantitative estimate of drug-likeness (QED) is 0.750. The van der Waals surface area contributed by atoms with Crippen LogP contribution in [0.5, 0.6) is 0 Å². The van der Waals surface area contributed by atoms with Crippen molar-refractivity contribution in [3.63, 3.8) is 0 Å². The predicted octanol–water partition coefficient (Wildman–Crippen LogP) is 3.56. The Morgan fingerprint density at radius 3 is 2.17 bits per heavy atom. The molecule has 1 N–H and O–H groups in total. The fourth-order valence-corrected chi connectivity index (χ4v) is 2.26. The van der Waals surface area contributed by atoms with Crippen LogP contribution in [-0.2, 0) is 0 Å². The van der Waals surface area contributed by atoms with Gasteiger partial charge in [-0.05, 0) is 18.2 Å². The SMILES string of the molecule is O=C(Nc1cccnc1)c1ccccc1C(=O)c1ccccc1. The Balaban J connectivity index is 1.92. The van der Waals surface area contributed by atoms with Crippen molar-refractivity contribution in [1.82, 2.24) is 4.98 Å². The maximum Gasteiger partial charge on any atom is 0.256 e. The van der Waals surface area contributed by atoms with Gasteiger partial charge in [0.1, 0.15) is 0 Å². The third kappa shape index (κ3) is 3.32. The molecule has 2 aromatic carbocycles.